The fraction of sp³-hybridized carbons (Fsp3) is 0.615. The molecule has 7 heteroatoms. The highest BCUT2D eigenvalue weighted by molar-refractivity contribution is 5.54. The molecule has 1 fully saturated rings. The highest BCUT2D eigenvalue weighted by Crippen LogP contribution is 2.19. The van der Waals surface area contributed by atoms with Crippen LogP contribution in [-0.2, 0) is 4.74 Å². The predicted molar refractivity (Wildman–Crippen MR) is 75.8 cm³/mol. The van der Waals surface area contributed by atoms with E-state index in [2.05, 4.69) is 15.6 Å². The van der Waals surface area contributed by atoms with Gasteiger partial charge in [0.2, 0.25) is 5.82 Å². The maximum atomic E-state index is 10.8. The predicted octanol–water partition coefficient (Wildman–Crippen LogP) is 1.56. The summed E-state index contributed by atoms with van der Waals surface area (Å²) < 4.78 is 5.76. The van der Waals surface area contributed by atoms with E-state index in [1.165, 1.54) is 6.07 Å². The van der Waals surface area contributed by atoms with Gasteiger partial charge in [-0.3, -0.25) is 10.1 Å². The van der Waals surface area contributed by atoms with Crippen LogP contribution >= 0.6 is 0 Å². The molecule has 1 aromatic heterocycles. The van der Waals surface area contributed by atoms with Crippen LogP contribution in [0.4, 0.5) is 11.5 Å². The van der Waals surface area contributed by atoms with Crippen molar-refractivity contribution < 1.29 is 9.66 Å². The molecule has 0 aliphatic carbocycles. The van der Waals surface area contributed by atoms with Gasteiger partial charge < -0.3 is 15.4 Å². The maximum Gasteiger partial charge on any atom is 0.311 e. The normalized spacial score (nSPS) is 16.0. The molecule has 7 nitrogen and oxygen atoms in total. The van der Waals surface area contributed by atoms with Gasteiger partial charge in [-0.25, -0.2) is 4.98 Å². The fourth-order valence-corrected chi connectivity index (χ4v) is 2.17. The zero-order valence-electron chi connectivity index (χ0n) is 11.4. The molecule has 0 amide bonds. The molecule has 0 aromatic carbocycles. The van der Waals surface area contributed by atoms with Crippen LogP contribution in [0.5, 0.6) is 0 Å². The second kappa shape index (κ2) is 7.76. The summed E-state index contributed by atoms with van der Waals surface area (Å²) in [7, 11) is 0. The maximum absolute atomic E-state index is 10.8. The molecule has 110 valence electrons. The van der Waals surface area contributed by atoms with Crippen molar-refractivity contribution in [3.05, 3.63) is 28.4 Å². The van der Waals surface area contributed by atoms with Gasteiger partial charge in [0, 0.05) is 25.4 Å². The van der Waals surface area contributed by atoms with Crippen LogP contribution in [0.1, 0.15) is 19.3 Å². The summed E-state index contributed by atoms with van der Waals surface area (Å²) in [5, 5.41) is 17.1. The van der Waals surface area contributed by atoms with E-state index in [0.29, 0.717) is 25.1 Å². The third kappa shape index (κ3) is 4.43. The van der Waals surface area contributed by atoms with Crippen molar-refractivity contribution in [1.29, 1.82) is 0 Å². The highest BCUT2D eigenvalue weighted by Gasteiger charge is 2.14. The van der Waals surface area contributed by atoms with Crippen LogP contribution in [0.3, 0.4) is 0 Å². The summed E-state index contributed by atoms with van der Waals surface area (Å²) in [5.41, 5.74) is 0.00627. The number of anilines is 1. The lowest BCUT2D eigenvalue weighted by atomic mass is 10.1. The van der Waals surface area contributed by atoms with Crippen molar-refractivity contribution >= 4 is 11.5 Å². The molecule has 0 bridgehead atoms. The molecule has 0 saturated carbocycles. The summed E-state index contributed by atoms with van der Waals surface area (Å²) >= 11 is 0. The fourth-order valence-electron chi connectivity index (χ4n) is 2.17. The van der Waals surface area contributed by atoms with Gasteiger partial charge in [-0.2, -0.15) is 0 Å². The molecule has 0 radical (unpaired) electrons. The third-order valence-electron chi connectivity index (χ3n) is 3.24. The number of ether oxygens (including phenoxy) is 1. The molecule has 0 atom stereocenters. The van der Waals surface area contributed by atoms with Crippen molar-refractivity contribution in [1.82, 2.24) is 10.3 Å². The lowest BCUT2D eigenvalue weighted by Gasteiger charge is -2.22. The lowest BCUT2D eigenvalue weighted by molar-refractivity contribution is -0.384. The quantitative estimate of drug-likeness (QED) is 0.447. The number of rotatable bonds is 7. The number of hydrogen-bond donors (Lipinski definition) is 2. The average Bonchev–Trinajstić information content (AvgIpc) is 2.48. The second-order valence-electron chi connectivity index (χ2n) is 4.73. The molecular weight excluding hydrogens is 260 g/mol. The van der Waals surface area contributed by atoms with Crippen LogP contribution in [-0.4, -0.2) is 42.3 Å². The average molecular weight is 280 g/mol. The van der Waals surface area contributed by atoms with E-state index in [-0.39, 0.29) is 5.69 Å². The topological polar surface area (TPSA) is 89.3 Å². The van der Waals surface area contributed by atoms with Gasteiger partial charge in [0.1, 0.15) is 0 Å². The van der Waals surface area contributed by atoms with Crippen LogP contribution in [0.25, 0.3) is 0 Å². The minimum absolute atomic E-state index is 0.00627. The Morgan fingerprint density at radius 3 is 3.05 bits per heavy atom. The lowest BCUT2D eigenvalue weighted by Crippen LogP contribution is -2.32. The number of nitrogens with zero attached hydrogens (tertiary/aromatic N) is 2. The van der Waals surface area contributed by atoms with Crippen LogP contribution < -0.4 is 10.6 Å². The van der Waals surface area contributed by atoms with Gasteiger partial charge in [0.15, 0.2) is 0 Å². The zero-order chi connectivity index (χ0) is 14.2. The van der Waals surface area contributed by atoms with E-state index < -0.39 is 4.92 Å². The third-order valence-corrected chi connectivity index (χ3v) is 3.24. The Balaban J connectivity index is 1.67. The monoisotopic (exact) mass is 280 g/mol. The van der Waals surface area contributed by atoms with E-state index in [1.807, 2.05) is 0 Å². The minimum atomic E-state index is -0.430. The van der Waals surface area contributed by atoms with Crippen molar-refractivity contribution in [2.45, 2.75) is 25.4 Å². The molecule has 1 aromatic rings. The molecule has 20 heavy (non-hydrogen) atoms. The molecule has 0 unspecified atom stereocenters. The first-order chi connectivity index (χ1) is 9.77. The van der Waals surface area contributed by atoms with E-state index in [1.54, 1.807) is 12.3 Å². The van der Waals surface area contributed by atoms with Crippen molar-refractivity contribution in [3.8, 4) is 0 Å². The first-order valence-corrected chi connectivity index (χ1v) is 6.93. The minimum Gasteiger partial charge on any atom is -0.378 e. The standard InChI is InChI=1S/C13H20N4O3/c18-17(19)12-3-1-6-15-13(12)16-7-2-10-20-11-4-8-14-9-5-11/h1,3,6,11,14H,2,4-5,7-10H2,(H,15,16). The molecule has 1 aliphatic rings. The van der Waals surface area contributed by atoms with Gasteiger partial charge in [0.05, 0.1) is 11.0 Å². The summed E-state index contributed by atoms with van der Waals surface area (Å²) in [6, 6.07) is 3.00. The number of nitro groups is 1. The zero-order valence-corrected chi connectivity index (χ0v) is 11.4. The van der Waals surface area contributed by atoms with Gasteiger partial charge in [-0.05, 0) is 38.4 Å². The van der Waals surface area contributed by atoms with Crippen LogP contribution in [0.2, 0.25) is 0 Å². The molecule has 2 heterocycles. The van der Waals surface area contributed by atoms with Gasteiger partial charge >= 0.3 is 5.69 Å². The molecule has 0 spiro atoms. The number of hydrogen-bond acceptors (Lipinski definition) is 6. The summed E-state index contributed by atoms with van der Waals surface area (Å²) in [5.74, 6) is 0.319. The Labute approximate surface area is 117 Å². The molecule has 2 rings (SSSR count). The molecule has 1 aliphatic heterocycles. The van der Waals surface area contributed by atoms with Crippen LogP contribution in [0.15, 0.2) is 18.3 Å². The van der Waals surface area contributed by atoms with Crippen LogP contribution in [0, 0.1) is 10.1 Å². The van der Waals surface area contributed by atoms with Gasteiger partial charge in [-0.1, -0.05) is 0 Å². The van der Waals surface area contributed by atoms with Crippen molar-refractivity contribution in [3.63, 3.8) is 0 Å². The van der Waals surface area contributed by atoms with Gasteiger partial charge in [0.25, 0.3) is 0 Å². The number of piperidine rings is 1. The molecular formula is C13H20N4O3. The van der Waals surface area contributed by atoms with Gasteiger partial charge in [-0.15, -0.1) is 0 Å². The second-order valence-corrected chi connectivity index (χ2v) is 4.73. The van der Waals surface area contributed by atoms with E-state index >= 15 is 0 Å². The number of nitrogens with one attached hydrogen (secondary N) is 2. The Kier molecular flexibility index (Phi) is 5.69. The Morgan fingerprint density at radius 2 is 2.30 bits per heavy atom. The Hall–Kier alpha value is -1.73. The van der Waals surface area contributed by atoms with Crippen molar-refractivity contribution in [2.24, 2.45) is 0 Å². The molecule has 2 N–H and O–H groups in total. The van der Waals surface area contributed by atoms with E-state index in [9.17, 15) is 10.1 Å². The number of pyridine rings is 1. The van der Waals surface area contributed by atoms with E-state index in [0.717, 1.165) is 32.4 Å². The smallest absolute Gasteiger partial charge is 0.311 e. The first-order valence-electron chi connectivity index (χ1n) is 6.93. The SMILES string of the molecule is O=[N+]([O-])c1cccnc1NCCCOC1CCNCC1. The largest absolute Gasteiger partial charge is 0.378 e. The number of aromatic nitrogens is 1. The first kappa shape index (κ1) is 14.7. The summed E-state index contributed by atoms with van der Waals surface area (Å²) in [6.45, 7) is 3.31. The van der Waals surface area contributed by atoms with Crippen molar-refractivity contribution in [2.75, 3.05) is 31.6 Å². The summed E-state index contributed by atoms with van der Waals surface area (Å²) in [6.07, 6.45) is 4.80. The van der Waals surface area contributed by atoms with E-state index in [4.69, 9.17) is 4.74 Å². The summed E-state index contributed by atoms with van der Waals surface area (Å²) in [4.78, 5) is 14.4. The highest BCUT2D eigenvalue weighted by atomic mass is 16.6. The molecule has 1 saturated heterocycles. The Morgan fingerprint density at radius 1 is 1.50 bits per heavy atom. The Bertz CT molecular complexity index is 435.